The highest BCUT2D eigenvalue weighted by molar-refractivity contribution is 5.98. The number of hydrogen-bond acceptors (Lipinski definition) is 2. The predicted octanol–water partition coefficient (Wildman–Crippen LogP) is 9.70. The molecule has 4 rings (SSSR count). The van der Waals surface area contributed by atoms with Gasteiger partial charge in [-0.2, -0.15) is 0 Å². The lowest BCUT2D eigenvalue weighted by Gasteiger charge is -2.16. The number of aromatic nitrogens is 2. The minimum absolute atomic E-state index is 0.897. The second kappa shape index (κ2) is 11.1. The van der Waals surface area contributed by atoms with Crippen LogP contribution in [0.5, 0.6) is 0 Å². The second-order valence-electron chi connectivity index (χ2n) is 9.70. The minimum Gasteiger partial charge on any atom is -0.243 e. The first kappa shape index (κ1) is 25.1. The van der Waals surface area contributed by atoms with Crippen LogP contribution in [-0.2, 0) is 0 Å². The molecular weight excluding hydrogens is 436 g/mol. The Kier molecular flexibility index (Phi) is 7.75. The van der Waals surface area contributed by atoms with Gasteiger partial charge in [-0.1, -0.05) is 108 Å². The van der Waals surface area contributed by atoms with E-state index in [1.54, 1.807) is 0 Å². The number of rotatable bonds is 6. The molecule has 2 heteroatoms. The maximum Gasteiger partial charge on any atom is 0.0976 e. The second-order valence-corrected chi connectivity index (χ2v) is 9.70. The standard InChI is InChI=1S/C34H34N2/c1-23(2)17-19-25(5)29-21-22-30(26(6)20-18-24(3)4)34-33(29)35-31(27-13-9-7-10-14-27)32(36-34)28-15-11-8-12-16-28/h7-22H,1-6H3/b25-19+,26-20+. The molecule has 0 amide bonds. The van der Waals surface area contributed by atoms with Gasteiger partial charge in [0.25, 0.3) is 0 Å². The summed E-state index contributed by atoms with van der Waals surface area (Å²) in [6.45, 7) is 12.7. The van der Waals surface area contributed by atoms with Crippen molar-refractivity contribution in [2.75, 3.05) is 0 Å². The van der Waals surface area contributed by atoms with E-state index in [1.165, 1.54) is 22.3 Å². The van der Waals surface area contributed by atoms with Gasteiger partial charge in [-0.15, -0.1) is 0 Å². The molecule has 1 aromatic heterocycles. The van der Waals surface area contributed by atoms with Gasteiger partial charge in [-0.05, 0) is 52.7 Å². The van der Waals surface area contributed by atoms with E-state index in [9.17, 15) is 0 Å². The molecule has 0 atom stereocenters. The predicted molar refractivity (Wildman–Crippen MR) is 157 cm³/mol. The topological polar surface area (TPSA) is 25.8 Å². The molecule has 4 aromatic rings. The van der Waals surface area contributed by atoms with Crippen LogP contribution in [-0.4, -0.2) is 9.97 Å². The molecule has 180 valence electrons. The van der Waals surface area contributed by atoms with Crippen LogP contribution < -0.4 is 0 Å². The average Bonchev–Trinajstić information content (AvgIpc) is 2.90. The summed E-state index contributed by atoms with van der Waals surface area (Å²) in [4.78, 5) is 10.7. The molecule has 0 saturated carbocycles. The Labute approximate surface area is 215 Å². The van der Waals surface area contributed by atoms with Crippen LogP contribution >= 0.6 is 0 Å². The van der Waals surface area contributed by atoms with Gasteiger partial charge in [0, 0.05) is 22.3 Å². The van der Waals surface area contributed by atoms with Gasteiger partial charge in [0.1, 0.15) is 0 Å². The Bertz CT molecular complexity index is 1380. The molecule has 0 spiro atoms. The van der Waals surface area contributed by atoms with Crippen molar-refractivity contribution in [1.82, 2.24) is 9.97 Å². The molecule has 36 heavy (non-hydrogen) atoms. The third-order valence-electron chi connectivity index (χ3n) is 6.10. The summed E-state index contributed by atoms with van der Waals surface area (Å²) in [7, 11) is 0. The zero-order chi connectivity index (χ0) is 25.7. The van der Waals surface area contributed by atoms with E-state index in [2.05, 4.69) is 127 Å². The fraction of sp³-hybridized carbons (Fsp3) is 0.176. The van der Waals surface area contributed by atoms with Gasteiger partial charge in [0.05, 0.1) is 22.4 Å². The molecule has 0 fully saturated rings. The fourth-order valence-electron chi connectivity index (χ4n) is 4.13. The Morgan fingerprint density at radius 2 is 0.833 bits per heavy atom. The van der Waals surface area contributed by atoms with Crippen LogP contribution in [0.15, 0.2) is 108 Å². The van der Waals surface area contributed by atoms with Crippen LogP contribution in [0.1, 0.15) is 52.7 Å². The lowest BCUT2D eigenvalue weighted by molar-refractivity contribution is 1.28. The largest absolute Gasteiger partial charge is 0.243 e. The molecule has 0 aliphatic heterocycles. The van der Waals surface area contributed by atoms with Crippen molar-refractivity contribution < 1.29 is 0 Å². The molecule has 3 aromatic carbocycles. The zero-order valence-electron chi connectivity index (χ0n) is 22.1. The van der Waals surface area contributed by atoms with Gasteiger partial charge in [0.2, 0.25) is 0 Å². The Morgan fingerprint density at radius 1 is 0.472 bits per heavy atom. The van der Waals surface area contributed by atoms with Gasteiger partial charge in [-0.25, -0.2) is 9.97 Å². The Balaban J connectivity index is 2.11. The van der Waals surface area contributed by atoms with E-state index in [4.69, 9.17) is 9.97 Å². The number of benzene rings is 3. The highest BCUT2D eigenvalue weighted by Crippen LogP contribution is 2.36. The van der Waals surface area contributed by atoms with E-state index in [1.807, 2.05) is 12.1 Å². The highest BCUT2D eigenvalue weighted by Gasteiger charge is 2.18. The first-order chi connectivity index (χ1) is 17.3. The van der Waals surface area contributed by atoms with Crippen molar-refractivity contribution in [3.05, 3.63) is 119 Å². The van der Waals surface area contributed by atoms with Crippen LogP contribution in [0.3, 0.4) is 0 Å². The Morgan fingerprint density at radius 3 is 1.17 bits per heavy atom. The first-order valence-electron chi connectivity index (χ1n) is 12.4. The summed E-state index contributed by atoms with van der Waals surface area (Å²) in [5, 5.41) is 0. The summed E-state index contributed by atoms with van der Waals surface area (Å²) in [5.74, 6) is 0. The minimum atomic E-state index is 0.897. The molecule has 0 aliphatic carbocycles. The number of hydrogen-bond donors (Lipinski definition) is 0. The van der Waals surface area contributed by atoms with Gasteiger partial charge >= 0.3 is 0 Å². The van der Waals surface area contributed by atoms with E-state index in [0.717, 1.165) is 44.7 Å². The van der Waals surface area contributed by atoms with Crippen LogP contribution in [0.4, 0.5) is 0 Å². The lowest BCUT2D eigenvalue weighted by Crippen LogP contribution is -2.00. The molecule has 0 saturated heterocycles. The third-order valence-corrected chi connectivity index (χ3v) is 6.10. The first-order valence-corrected chi connectivity index (χ1v) is 12.4. The summed E-state index contributed by atoms with van der Waals surface area (Å²) < 4.78 is 0. The maximum atomic E-state index is 5.34. The normalized spacial score (nSPS) is 11.9. The highest BCUT2D eigenvalue weighted by atomic mass is 14.8. The summed E-state index contributed by atoms with van der Waals surface area (Å²) in [6, 6.07) is 25.1. The summed E-state index contributed by atoms with van der Waals surface area (Å²) in [5.41, 5.74) is 12.8. The van der Waals surface area contributed by atoms with Gasteiger partial charge in [0.15, 0.2) is 0 Å². The molecule has 0 N–H and O–H groups in total. The monoisotopic (exact) mass is 470 g/mol. The van der Waals surface area contributed by atoms with Gasteiger partial charge in [-0.3, -0.25) is 0 Å². The van der Waals surface area contributed by atoms with Crippen LogP contribution in [0.2, 0.25) is 0 Å². The molecule has 0 radical (unpaired) electrons. The Hall–Kier alpha value is -4.04. The fourth-order valence-corrected chi connectivity index (χ4v) is 4.13. The van der Waals surface area contributed by atoms with Crippen molar-refractivity contribution in [3.8, 4) is 22.5 Å². The SMILES string of the molecule is CC(C)=C/C=C(\C)c1ccc(/C(C)=C/C=C(C)C)c2nc(-c3ccccc3)c(-c3ccccc3)nc12. The smallest absolute Gasteiger partial charge is 0.0976 e. The van der Waals surface area contributed by atoms with Crippen LogP contribution in [0.25, 0.3) is 44.7 Å². The number of nitrogens with zero attached hydrogens (tertiary/aromatic N) is 2. The number of allylic oxidation sites excluding steroid dienone is 8. The van der Waals surface area contributed by atoms with Gasteiger partial charge < -0.3 is 0 Å². The van der Waals surface area contributed by atoms with Crippen molar-refractivity contribution in [2.45, 2.75) is 41.5 Å². The third kappa shape index (κ3) is 5.60. The average molecular weight is 471 g/mol. The molecular formula is C34H34N2. The van der Waals surface area contributed by atoms with Crippen molar-refractivity contribution in [2.24, 2.45) is 0 Å². The quantitative estimate of drug-likeness (QED) is 0.262. The van der Waals surface area contributed by atoms with Crippen molar-refractivity contribution in [1.29, 1.82) is 0 Å². The van der Waals surface area contributed by atoms with Crippen molar-refractivity contribution >= 4 is 22.2 Å². The van der Waals surface area contributed by atoms with Crippen LogP contribution in [0, 0.1) is 0 Å². The lowest BCUT2D eigenvalue weighted by atomic mass is 9.96. The van der Waals surface area contributed by atoms with Crippen molar-refractivity contribution in [3.63, 3.8) is 0 Å². The molecule has 2 nitrogen and oxygen atoms in total. The van der Waals surface area contributed by atoms with E-state index < -0.39 is 0 Å². The number of fused-ring (bicyclic) bond motifs is 1. The van der Waals surface area contributed by atoms with E-state index >= 15 is 0 Å². The molecule has 0 bridgehead atoms. The maximum absolute atomic E-state index is 5.34. The van der Waals surface area contributed by atoms with E-state index in [-0.39, 0.29) is 0 Å². The zero-order valence-corrected chi connectivity index (χ0v) is 22.1. The molecule has 0 aliphatic rings. The molecule has 1 heterocycles. The summed E-state index contributed by atoms with van der Waals surface area (Å²) in [6.07, 6.45) is 8.65. The summed E-state index contributed by atoms with van der Waals surface area (Å²) >= 11 is 0. The van der Waals surface area contributed by atoms with E-state index in [0.29, 0.717) is 0 Å². The molecule has 0 unspecified atom stereocenters.